The number of aromatic nitrogens is 2. The fourth-order valence-electron chi connectivity index (χ4n) is 2.29. The summed E-state index contributed by atoms with van der Waals surface area (Å²) in [5.74, 6) is 0. The third kappa shape index (κ3) is 5.45. The van der Waals surface area contributed by atoms with Crippen LogP contribution in [0.15, 0.2) is 66.1 Å². The van der Waals surface area contributed by atoms with Gasteiger partial charge in [-0.15, -0.1) is 11.8 Å². The molecule has 0 amide bonds. The van der Waals surface area contributed by atoms with Gasteiger partial charge in [0.1, 0.15) is 0 Å². The molecule has 0 spiro atoms. The van der Waals surface area contributed by atoms with Crippen molar-refractivity contribution in [2.75, 3.05) is 0 Å². The summed E-state index contributed by atoms with van der Waals surface area (Å²) in [7, 11) is 0. The van der Waals surface area contributed by atoms with Gasteiger partial charge in [0.2, 0.25) is 0 Å². The molecule has 3 aromatic rings. The fraction of sp³-hybridized carbons (Fsp3) is 0.105. The van der Waals surface area contributed by atoms with Gasteiger partial charge in [0.15, 0.2) is 0 Å². The quantitative estimate of drug-likeness (QED) is 0.292. The number of hydrogen-bond acceptors (Lipinski definition) is 2. The minimum atomic E-state index is 0.120. The van der Waals surface area contributed by atoms with Crippen molar-refractivity contribution < 1.29 is 0 Å². The first-order chi connectivity index (χ1) is 12.5. The van der Waals surface area contributed by atoms with E-state index in [1.807, 2.05) is 35.0 Å². The Morgan fingerprint density at radius 3 is 2.42 bits per heavy atom. The Hall–Kier alpha value is -1.10. The molecule has 1 atom stereocenters. The predicted molar refractivity (Wildman–Crippen MR) is 114 cm³/mol. The van der Waals surface area contributed by atoms with E-state index in [-0.39, 0.29) is 5.25 Å². The van der Waals surface area contributed by atoms with Gasteiger partial charge in [0.25, 0.3) is 0 Å². The molecule has 1 heterocycles. The maximum atomic E-state index is 6.34. The van der Waals surface area contributed by atoms with Gasteiger partial charge in [-0.25, -0.2) is 4.98 Å². The van der Waals surface area contributed by atoms with Crippen molar-refractivity contribution in [1.29, 1.82) is 0 Å². The Kier molecular flexibility index (Phi) is 6.96. The van der Waals surface area contributed by atoms with E-state index >= 15 is 0 Å². The van der Waals surface area contributed by atoms with E-state index in [1.165, 1.54) is 0 Å². The molecule has 2 nitrogen and oxygen atoms in total. The van der Waals surface area contributed by atoms with Crippen LogP contribution in [0.3, 0.4) is 0 Å². The van der Waals surface area contributed by atoms with Crippen LogP contribution >= 0.6 is 58.2 Å². The van der Waals surface area contributed by atoms with Crippen molar-refractivity contribution in [3.05, 3.63) is 86.8 Å². The summed E-state index contributed by atoms with van der Waals surface area (Å²) in [6, 6.07) is 11.2. The minimum Gasteiger partial charge on any atom is -0.336 e. The Bertz CT molecular complexity index is 893. The van der Waals surface area contributed by atoms with E-state index in [0.717, 1.165) is 17.0 Å². The van der Waals surface area contributed by atoms with Gasteiger partial charge in [-0.05, 0) is 29.8 Å². The summed E-state index contributed by atoms with van der Waals surface area (Å²) in [6.45, 7) is 0.741. The first-order valence-electron chi connectivity index (χ1n) is 7.72. The van der Waals surface area contributed by atoms with Crippen LogP contribution in [-0.4, -0.2) is 14.8 Å². The second-order valence-corrected chi connectivity index (χ2v) is 8.46. The molecule has 134 valence electrons. The Labute approximate surface area is 176 Å². The maximum Gasteiger partial charge on any atom is 0.0946 e. The number of benzene rings is 2. The lowest BCUT2D eigenvalue weighted by Crippen LogP contribution is -2.09. The number of imidazole rings is 1. The number of rotatable bonds is 6. The van der Waals surface area contributed by atoms with Crippen LogP contribution in [0.4, 0.5) is 0 Å². The maximum absolute atomic E-state index is 6.34. The molecule has 0 radical (unpaired) electrons. The zero-order valence-corrected chi connectivity index (χ0v) is 17.3. The van der Waals surface area contributed by atoms with Gasteiger partial charge in [-0.1, -0.05) is 70.7 Å². The molecule has 3 rings (SSSR count). The molecule has 0 aliphatic carbocycles. The predicted octanol–water partition coefficient (Wildman–Crippen LogP) is 7.37. The van der Waals surface area contributed by atoms with E-state index in [1.54, 1.807) is 36.4 Å². The van der Waals surface area contributed by atoms with Crippen LogP contribution in [0.5, 0.6) is 0 Å². The SMILES string of the molecule is Clc1ccc(C=CC(Cn2ccnc2)Sc2cc(Cl)c(Cl)cc2Cl)cc1. The molecule has 1 unspecified atom stereocenters. The minimum absolute atomic E-state index is 0.120. The first-order valence-corrected chi connectivity index (χ1v) is 10.1. The molecule has 0 aliphatic heterocycles. The lowest BCUT2D eigenvalue weighted by atomic mass is 10.2. The molecule has 2 aromatic carbocycles. The third-order valence-corrected chi connectivity index (χ3v) is 6.18. The Balaban J connectivity index is 1.83. The van der Waals surface area contributed by atoms with Crippen molar-refractivity contribution in [3.8, 4) is 0 Å². The van der Waals surface area contributed by atoms with Crippen molar-refractivity contribution in [2.45, 2.75) is 16.7 Å². The summed E-state index contributed by atoms with van der Waals surface area (Å²) < 4.78 is 2.02. The lowest BCUT2D eigenvalue weighted by Gasteiger charge is -2.15. The molecule has 0 aliphatic rings. The van der Waals surface area contributed by atoms with Crippen molar-refractivity contribution >= 4 is 64.2 Å². The molecular formula is C19H14Cl4N2S. The van der Waals surface area contributed by atoms with Gasteiger partial charge in [-0.3, -0.25) is 0 Å². The van der Waals surface area contributed by atoms with Crippen LogP contribution in [0.25, 0.3) is 6.08 Å². The summed E-state index contributed by atoms with van der Waals surface area (Å²) in [6.07, 6.45) is 9.68. The highest BCUT2D eigenvalue weighted by molar-refractivity contribution is 8.00. The van der Waals surface area contributed by atoms with Gasteiger partial charge in [0, 0.05) is 34.1 Å². The van der Waals surface area contributed by atoms with Gasteiger partial charge in [-0.2, -0.15) is 0 Å². The number of hydrogen-bond donors (Lipinski definition) is 0. The summed E-state index contributed by atoms with van der Waals surface area (Å²) in [5.41, 5.74) is 1.07. The molecule has 0 saturated heterocycles. The molecule has 1 aromatic heterocycles. The number of nitrogens with zero attached hydrogens (tertiary/aromatic N) is 2. The number of halogens is 4. The topological polar surface area (TPSA) is 17.8 Å². The molecule has 0 saturated carbocycles. The van der Waals surface area contributed by atoms with Crippen LogP contribution in [0, 0.1) is 0 Å². The van der Waals surface area contributed by atoms with Crippen LogP contribution in [0.1, 0.15) is 5.56 Å². The van der Waals surface area contributed by atoms with Crippen LogP contribution < -0.4 is 0 Å². The average molecular weight is 444 g/mol. The van der Waals surface area contributed by atoms with Gasteiger partial charge in [0.05, 0.1) is 21.4 Å². The molecule has 7 heteroatoms. The molecule has 0 N–H and O–H groups in total. The average Bonchev–Trinajstić information content (AvgIpc) is 3.12. The van der Waals surface area contributed by atoms with Crippen molar-refractivity contribution in [1.82, 2.24) is 9.55 Å². The standard InChI is InChI=1S/C19H14Cl4N2S/c20-14-4-1-13(2-5-14)3-6-15(11-25-8-7-24-12-25)26-19-10-17(22)16(21)9-18(19)23/h1-10,12,15H,11H2. The first kappa shape index (κ1) is 19.7. The Morgan fingerprint density at radius 1 is 1.00 bits per heavy atom. The van der Waals surface area contributed by atoms with Crippen LogP contribution in [0.2, 0.25) is 20.1 Å². The van der Waals surface area contributed by atoms with E-state index in [4.69, 9.17) is 46.4 Å². The summed E-state index contributed by atoms with van der Waals surface area (Å²) in [5, 5.41) is 2.36. The molecule has 0 bridgehead atoms. The van der Waals surface area contributed by atoms with Gasteiger partial charge < -0.3 is 4.57 Å². The van der Waals surface area contributed by atoms with E-state index < -0.39 is 0 Å². The van der Waals surface area contributed by atoms with Gasteiger partial charge >= 0.3 is 0 Å². The van der Waals surface area contributed by atoms with Crippen molar-refractivity contribution in [3.63, 3.8) is 0 Å². The summed E-state index contributed by atoms with van der Waals surface area (Å²) >= 11 is 26.1. The highest BCUT2D eigenvalue weighted by Gasteiger charge is 2.13. The molecule has 26 heavy (non-hydrogen) atoms. The third-order valence-electron chi connectivity index (χ3n) is 3.58. The zero-order chi connectivity index (χ0) is 18.5. The fourth-order valence-corrected chi connectivity index (χ4v) is 4.25. The zero-order valence-electron chi connectivity index (χ0n) is 13.4. The normalized spacial score (nSPS) is 12.6. The summed E-state index contributed by atoms with van der Waals surface area (Å²) in [4.78, 5) is 4.99. The molecular weight excluding hydrogens is 430 g/mol. The highest BCUT2D eigenvalue weighted by atomic mass is 35.5. The second kappa shape index (κ2) is 9.20. The van der Waals surface area contributed by atoms with E-state index in [2.05, 4.69) is 17.1 Å². The van der Waals surface area contributed by atoms with E-state index in [0.29, 0.717) is 20.1 Å². The van der Waals surface area contributed by atoms with Crippen LogP contribution in [-0.2, 0) is 6.54 Å². The monoisotopic (exact) mass is 442 g/mol. The second-order valence-electron chi connectivity index (χ2n) is 5.52. The number of thioether (sulfide) groups is 1. The molecule has 0 fully saturated rings. The lowest BCUT2D eigenvalue weighted by molar-refractivity contribution is 0.720. The van der Waals surface area contributed by atoms with E-state index in [9.17, 15) is 0 Å². The highest BCUT2D eigenvalue weighted by Crippen LogP contribution is 2.37. The smallest absolute Gasteiger partial charge is 0.0946 e. The van der Waals surface area contributed by atoms with Crippen molar-refractivity contribution in [2.24, 2.45) is 0 Å². The largest absolute Gasteiger partial charge is 0.336 e. The Morgan fingerprint density at radius 2 is 1.73 bits per heavy atom.